The Morgan fingerprint density at radius 1 is 1.50 bits per heavy atom. The molecule has 0 amide bonds. The lowest BCUT2D eigenvalue weighted by molar-refractivity contribution is -0.385. The minimum atomic E-state index is -0.367. The topological polar surface area (TPSA) is 58.9 Å². The average Bonchev–Trinajstić information content (AvgIpc) is 2.46. The van der Waals surface area contributed by atoms with E-state index >= 15 is 0 Å². The minimum absolute atomic E-state index is 0.151. The molecule has 2 rings (SSSR count). The third-order valence-corrected chi connectivity index (χ3v) is 2.80. The Bertz CT molecular complexity index is 519. The van der Waals surface area contributed by atoms with Crippen molar-refractivity contribution in [1.29, 1.82) is 0 Å². The summed E-state index contributed by atoms with van der Waals surface area (Å²) in [5.74, 6) is 0. The van der Waals surface area contributed by atoms with Crippen LogP contribution >= 0.6 is 15.9 Å². The molecule has 0 aliphatic carbocycles. The summed E-state index contributed by atoms with van der Waals surface area (Å²) < 4.78 is 0.843. The number of nitrogens with one attached hydrogen (secondary N) is 1. The highest BCUT2D eigenvalue weighted by Gasteiger charge is 2.13. The van der Waals surface area contributed by atoms with Gasteiger partial charge in [0.15, 0.2) is 0 Å². The standard InChI is InChI=1S/C9H7BrN2O2/c1-5-2-8-6(7(10)4-11-8)3-9(5)12(13)14/h2-4,11H,1H3. The van der Waals surface area contributed by atoms with E-state index in [2.05, 4.69) is 20.9 Å². The number of rotatable bonds is 1. The molecule has 0 aliphatic heterocycles. The second kappa shape index (κ2) is 3.09. The van der Waals surface area contributed by atoms with Crippen LogP contribution in [-0.2, 0) is 0 Å². The predicted octanol–water partition coefficient (Wildman–Crippen LogP) is 3.15. The van der Waals surface area contributed by atoms with E-state index in [1.54, 1.807) is 25.3 Å². The van der Waals surface area contributed by atoms with E-state index in [0.29, 0.717) is 5.56 Å². The first-order valence-corrected chi connectivity index (χ1v) is 4.80. The van der Waals surface area contributed by atoms with Gasteiger partial charge < -0.3 is 4.98 Å². The summed E-state index contributed by atoms with van der Waals surface area (Å²) in [5, 5.41) is 11.5. The lowest BCUT2D eigenvalue weighted by Gasteiger charge is -1.97. The lowest BCUT2D eigenvalue weighted by Crippen LogP contribution is -1.90. The zero-order valence-electron chi connectivity index (χ0n) is 7.37. The van der Waals surface area contributed by atoms with Crippen LogP contribution in [-0.4, -0.2) is 9.91 Å². The average molecular weight is 255 g/mol. The number of nitrogens with zero attached hydrogens (tertiary/aromatic N) is 1. The van der Waals surface area contributed by atoms with E-state index in [1.807, 2.05) is 0 Å². The summed E-state index contributed by atoms with van der Waals surface area (Å²) in [6.07, 6.45) is 1.77. The SMILES string of the molecule is Cc1cc2[nH]cc(Br)c2cc1[N+](=O)[O-]. The number of hydrogen-bond acceptors (Lipinski definition) is 2. The third kappa shape index (κ3) is 1.29. The molecule has 0 saturated heterocycles. The predicted molar refractivity (Wildman–Crippen MR) is 57.4 cm³/mol. The quantitative estimate of drug-likeness (QED) is 0.628. The van der Waals surface area contributed by atoms with Crippen molar-refractivity contribution >= 4 is 32.5 Å². The van der Waals surface area contributed by atoms with Gasteiger partial charge in [-0.25, -0.2) is 0 Å². The van der Waals surface area contributed by atoms with Crippen molar-refractivity contribution < 1.29 is 4.92 Å². The fourth-order valence-corrected chi connectivity index (χ4v) is 1.87. The molecule has 1 heterocycles. The minimum Gasteiger partial charge on any atom is -0.360 e. The van der Waals surface area contributed by atoms with Crippen molar-refractivity contribution in [2.75, 3.05) is 0 Å². The molecule has 1 aromatic heterocycles. The number of nitro groups is 1. The van der Waals surface area contributed by atoms with Gasteiger partial charge in [0.05, 0.1) is 4.92 Å². The van der Waals surface area contributed by atoms with Crippen molar-refractivity contribution in [2.24, 2.45) is 0 Å². The van der Waals surface area contributed by atoms with Crippen LogP contribution in [0, 0.1) is 17.0 Å². The van der Waals surface area contributed by atoms with Crippen molar-refractivity contribution in [1.82, 2.24) is 4.98 Å². The summed E-state index contributed by atoms with van der Waals surface area (Å²) in [5.41, 5.74) is 1.72. The van der Waals surface area contributed by atoms with Crippen molar-refractivity contribution in [3.63, 3.8) is 0 Å². The lowest BCUT2D eigenvalue weighted by atomic mass is 10.1. The van der Waals surface area contributed by atoms with E-state index < -0.39 is 0 Å². The molecular formula is C9H7BrN2O2. The first kappa shape index (κ1) is 9.21. The number of hydrogen-bond donors (Lipinski definition) is 1. The zero-order valence-corrected chi connectivity index (χ0v) is 8.96. The van der Waals surface area contributed by atoms with Crippen molar-refractivity contribution in [3.8, 4) is 0 Å². The molecule has 0 aliphatic rings. The Balaban J connectivity index is 2.80. The first-order chi connectivity index (χ1) is 6.59. The molecule has 72 valence electrons. The number of fused-ring (bicyclic) bond motifs is 1. The Hall–Kier alpha value is -1.36. The third-order valence-electron chi connectivity index (χ3n) is 2.14. The smallest absolute Gasteiger partial charge is 0.273 e. The number of aromatic nitrogens is 1. The van der Waals surface area contributed by atoms with Gasteiger partial charge in [0.1, 0.15) is 0 Å². The fraction of sp³-hybridized carbons (Fsp3) is 0.111. The van der Waals surface area contributed by atoms with Gasteiger partial charge in [0, 0.05) is 33.2 Å². The summed E-state index contributed by atoms with van der Waals surface area (Å²) in [4.78, 5) is 13.3. The molecule has 1 aromatic carbocycles. The fourth-order valence-electron chi connectivity index (χ4n) is 1.43. The molecule has 0 radical (unpaired) electrons. The molecule has 0 fully saturated rings. The normalized spacial score (nSPS) is 10.7. The number of aryl methyl sites for hydroxylation is 1. The molecule has 0 saturated carbocycles. The van der Waals surface area contributed by atoms with Gasteiger partial charge in [-0.1, -0.05) is 0 Å². The molecular weight excluding hydrogens is 248 g/mol. The first-order valence-electron chi connectivity index (χ1n) is 4.01. The van der Waals surface area contributed by atoms with Crippen LogP contribution in [0.2, 0.25) is 0 Å². The second-order valence-electron chi connectivity index (χ2n) is 3.08. The molecule has 0 atom stereocenters. The Labute approximate surface area is 88.2 Å². The summed E-state index contributed by atoms with van der Waals surface area (Å²) >= 11 is 3.32. The number of benzene rings is 1. The van der Waals surface area contributed by atoms with Crippen LogP contribution in [0.25, 0.3) is 10.9 Å². The van der Waals surface area contributed by atoms with E-state index in [1.165, 1.54) is 0 Å². The van der Waals surface area contributed by atoms with Crippen LogP contribution in [0.5, 0.6) is 0 Å². The largest absolute Gasteiger partial charge is 0.360 e. The van der Waals surface area contributed by atoms with E-state index in [0.717, 1.165) is 15.4 Å². The maximum atomic E-state index is 10.7. The number of nitro benzene ring substituents is 1. The van der Waals surface area contributed by atoms with E-state index in [4.69, 9.17) is 0 Å². The molecule has 14 heavy (non-hydrogen) atoms. The summed E-state index contributed by atoms with van der Waals surface area (Å²) in [6.45, 7) is 1.73. The van der Waals surface area contributed by atoms with Gasteiger partial charge in [-0.3, -0.25) is 10.1 Å². The highest BCUT2D eigenvalue weighted by atomic mass is 79.9. The van der Waals surface area contributed by atoms with Gasteiger partial charge in [0.2, 0.25) is 0 Å². The second-order valence-corrected chi connectivity index (χ2v) is 3.93. The van der Waals surface area contributed by atoms with Crippen LogP contribution in [0.1, 0.15) is 5.56 Å². The van der Waals surface area contributed by atoms with Gasteiger partial charge in [-0.2, -0.15) is 0 Å². The molecule has 0 bridgehead atoms. The van der Waals surface area contributed by atoms with Crippen molar-refractivity contribution in [3.05, 3.63) is 38.5 Å². The highest BCUT2D eigenvalue weighted by Crippen LogP contribution is 2.29. The molecule has 1 N–H and O–H groups in total. The van der Waals surface area contributed by atoms with Gasteiger partial charge in [0.25, 0.3) is 5.69 Å². The monoisotopic (exact) mass is 254 g/mol. The molecule has 0 spiro atoms. The summed E-state index contributed by atoms with van der Waals surface area (Å²) in [6, 6.07) is 3.35. The number of aromatic amines is 1. The molecule has 0 unspecified atom stereocenters. The maximum Gasteiger partial charge on any atom is 0.273 e. The van der Waals surface area contributed by atoms with Crippen LogP contribution in [0.4, 0.5) is 5.69 Å². The number of H-pyrrole nitrogens is 1. The Kier molecular flexibility index (Phi) is 2.03. The zero-order chi connectivity index (χ0) is 10.3. The van der Waals surface area contributed by atoms with Crippen LogP contribution in [0.3, 0.4) is 0 Å². The Morgan fingerprint density at radius 2 is 2.21 bits per heavy atom. The molecule has 2 aromatic rings. The van der Waals surface area contributed by atoms with Gasteiger partial charge in [-0.05, 0) is 28.9 Å². The Morgan fingerprint density at radius 3 is 2.86 bits per heavy atom. The van der Waals surface area contributed by atoms with Gasteiger partial charge in [-0.15, -0.1) is 0 Å². The highest BCUT2D eigenvalue weighted by molar-refractivity contribution is 9.10. The van der Waals surface area contributed by atoms with Crippen molar-refractivity contribution in [2.45, 2.75) is 6.92 Å². The molecule has 4 nitrogen and oxygen atoms in total. The van der Waals surface area contributed by atoms with E-state index in [-0.39, 0.29) is 10.6 Å². The molecule has 5 heteroatoms. The van der Waals surface area contributed by atoms with E-state index in [9.17, 15) is 10.1 Å². The van der Waals surface area contributed by atoms with Crippen LogP contribution < -0.4 is 0 Å². The maximum absolute atomic E-state index is 10.7. The number of halogens is 1. The van der Waals surface area contributed by atoms with Gasteiger partial charge >= 0.3 is 0 Å². The van der Waals surface area contributed by atoms with Crippen LogP contribution in [0.15, 0.2) is 22.8 Å². The summed E-state index contributed by atoms with van der Waals surface area (Å²) in [7, 11) is 0.